The predicted octanol–water partition coefficient (Wildman–Crippen LogP) is 4.34. The van der Waals surface area contributed by atoms with E-state index in [-0.39, 0.29) is 23.5 Å². The van der Waals surface area contributed by atoms with E-state index in [1.165, 1.54) is 55.5 Å². The zero-order chi connectivity index (χ0) is 24.3. The number of hydrogen-bond donors (Lipinski definition) is 1. The number of rotatable bonds is 8. The molecule has 2 aromatic rings. The first-order valence-electron chi connectivity index (χ1n) is 12.2. The minimum absolute atomic E-state index is 0.0145. The SMILES string of the molecule is CC1Cc2sc(CC(=O)Cc3ccc(S(N)(=O)=O)cc3)c(C#N)c2CN1CCC1CCCCC1. The zero-order valence-corrected chi connectivity index (χ0v) is 21.4. The summed E-state index contributed by atoms with van der Waals surface area (Å²) in [7, 11) is -3.75. The monoisotopic (exact) mass is 499 g/mol. The molecule has 34 heavy (non-hydrogen) atoms. The lowest BCUT2D eigenvalue weighted by atomic mass is 9.86. The first-order chi connectivity index (χ1) is 16.2. The van der Waals surface area contributed by atoms with Gasteiger partial charge in [-0.1, -0.05) is 44.2 Å². The Morgan fingerprint density at radius 2 is 1.88 bits per heavy atom. The highest BCUT2D eigenvalue weighted by atomic mass is 32.2. The summed E-state index contributed by atoms with van der Waals surface area (Å²) in [6.07, 6.45) is 9.41. The molecule has 1 aliphatic heterocycles. The van der Waals surface area contributed by atoms with Crippen LogP contribution in [0.2, 0.25) is 0 Å². The Bertz CT molecular complexity index is 1170. The molecule has 1 unspecified atom stereocenters. The van der Waals surface area contributed by atoms with Crippen LogP contribution in [-0.4, -0.2) is 31.7 Å². The van der Waals surface area contributed by atoms with Crippen molar-refractivity contribution in [1.29, 1.82) is 5.26 Å². The lowest BCUT2D eigenvalue weighted by Gasteiger charge is -2.35. The van der Waals surface area contributed by atoms with Gasteiger partial charge in [-0.3, -0.25) is 9.69 Å². The Labute approximate surface area is 206 Å². The summed E-state index contributed by atoms with van der Waals surface area (Å²) < 4.78 is 22.8. The summed E-state index contributed by atoms with van der Waals surface area (Å²) >= 11 is 1.62. The second-order valence-corrected chi connectivity index (χ2v) is 12.6. The summed E-state index contributed by atoms with van der Waals surface area (Å²) in [6.45, 7) is 4.15. The fourth-order valence-electron chi connectivity index (χ4n) is 5.30. The molecular formula is C26H33N3O3S2. The number of carbonyl (C=O) groups excluding carboxylic acids is 1. The van der Waals surface area contributed by atoms with Crippen molar-refractivity contribution >= 4 is 27.1 Å². The van der Waals surface area contributed by atoms with Gasteiger partial charge in [0.2, 0.25) is 10.0 Å². The van der Waals surface area contributed by atoms with Gasteiger partial charge < -0.3 is 0 Å². The van der Waals surface area contributed by atoms with E-state index in [9.17, 15) is 18.5 Å². The van der Waals surface area contributed by atoms with Crippen LogP contribution in [0, 0.1) is 17.2 Å². The second kappa shape index (κ2) is 10.7. The molecule has 4 rings (SSSR count). The zero-order valence-electron chi connectivity index (χ0n) is 19.8. The molecule has 0 bridgehead atoms. The molecular weight excluding hydrogens is 466 g/mol. The number of primary sulfonamides is 1. The molecule has 1 aliphatic carbocycles. The highest BCUT2D eigenvalue weighted by Gasteiger charge is 2.29. The van der Waals surface area contributed by atoms with E-state index in [1.807, 2.05) is 0 Å². The number of carbonyl (C=O) groups is 1. The smallest absolute Gasteiger partial charge is 0.238 e. The average Bonchev–Trinajstić information content (AvgIpc) is 3.13. The Kier molecular flexibility index (Phi) is 7.88. The van der Waals surface area contributed by atoms with Gasteiger partial charge in [0, 0.05) is 35.2 Å². The molecule has 6 nitrogen and oxygen atoms in total. The number of thiophene rings is 1. The molecule has 1 aromatic heterocycles. The topological polar surface area (TPSA) is 104 Å². The molecule has 1 fully saturated rings. The number of nitrogens with two attached hydrogens (primary N) is 1. The number of benzene rings is 1. The van der Waals surface area contributed by atoms with Gasteiger partial charge >= 0.3 is 0 Å². The summed E-state index contributed by atoms with van der Waals surface area (Å²) in [5.74, 6) is 0.855. The summed E-state index contributed by atoms with van der Waals surface area (Å²) in [5, 5.41) is 15.1. The Balaban J connectivity index is 1.41. The van der Waals surface area contributed by atoms with Crippen molar-refractivity contribution < 1.29 is 13.2 Å². The van der Waals surface area contributed by atoms with E-state index in [1.54, 1.807) is 23.5 Å². The summed E-state index contributed by atoms with van der Waals surface area (Å²) in [4.78, 5) is 17.5. The predicted molar refractivity (Wildman–Crippen MR) is 134 cm³/mol. The van der Waals surface area contributed by atoms with Crippen LogP contribution in [0.25, 0.3) is 0 Å². The highest BCUT2D eigenvalue weighted by molar-refractivity contribution is 7.89. The normalized spacial score (nSPS) is 19.5. The maximum Gasteiger partial charge on any atom is 0.238 e. The minimum atomic E-state index is -3.75. The molecule has 0 amide bonds. The molecule has 182 valence electrons. The van der Waals surface area contributed by atoms with Crippen molar-refractivity contribution in [3.05, 3.63) is 50.7 Å². The Morgan fingerprint density at radius 3 is 2.53 bits per heavy atom. The van der Waals surface area contributed by atoms with Gasteiger partial charge in [-0.15, -0.1) is 11.3 Å². The van der Waals surface area contributed by atoms with E-state index in [0.717, 1.165) is 41.4 Å². The lowest BCUT2D eigenvalue weighted by molar-refractivity contribution is -0.117. The van der Waals surface area contributed by atoms with Crippen LogP contribution in [0.5, 0.6) is 0 Å². The van der Waals surface area contributed by atoms with E-state index in [4.69, 9.17) is 5.14 Å². The number of hydrogen-bond acceptors (Lipinski definition) is 6. The van der Waals surface area contributed by atoms with Crippen molar-refractivity contribution in [2.45, 2.75) is 82.2 Å². The number of Topliss-reactive ketones (excluding diaryl/α,β-unsaturated/α-hetero) is 1. The summed E-state index contributed by atoms with van der Waals surface area (Å²) in [6, 6.07) is 8.92. The van der Waals surface area contributed by atoms with Crippen LogP contribution < -0.4 is 5.14 Å². The molecule has 0 saturated heterocycles. The first kappa shape index (κ1) is 25.1. The number of nitriles is 1. The maximum atomic E-state index is 12.8. The van der Waals surface area contributed by atoms with Crippen LogP contribution in [0.1, 0.15) is 71.9 Å². The second-order valence-electron chi connectivity index (χ2n) is 9.81. The van der Waals surface area contributed by atoms with Crippen LogP contribution in [-0.2, 0) is 40.6 Å². The van der Waals surface area contributed by atoms with Crippen LogP contribution in [0.4, 0.5) is 0 Å². The molecule has 2 aliphatic rings. The van der Waals surface area contributed by atoms with Gasteiger partial charge in [0.05, 0.1) is 10.5 Å². The summed E-state index contributed by atoms with van der Waals surface area (Å²) in [5.41, 5.74) is 2.54. The lowest BCUT2D eigenvalue weighted by Crippen LogP contribution is -2.39. The van der Waals surface area contributed by atoms with Crippen LogP contribution >= 0.6 is 11.3 Å². The maximum absolute atomic E-state index is 12.8. The minimum Gasteiger partial charge on any atom is -0.299 e. The standard InChI is InChI=1S/C26H33N3O3S2/c1-18-13-25-24(17-29(18)12-11-19-5-3-2-4-6-19)23(16-27)26(33-25)15-21(30)14-20-7-9-22(10-8-20)34(28,31)32/h7-10,18-19H,2-6,11-15,17H2,1H3,(H2,28,31,32). The van der Waals surface area contributed by atoms with Crippen molar-refractivity contribution in [3.63, 3.8) is 0 Å². The first-order valence-corrected chi connectivity index (χ1v) is 14.5. The molecule has 2 heterocycles. The number of ketones is 1. The van der Waals surface area contributed by atoms with Crippen molar-refractivity contribution in [3.8, 4) is 6.07 Å². The van der Waals surface area contributed by atoms with Gasteiger partial charge in [-0.2, -0.15) is 5.26 Å². The third kappa shape index (κ3) is 5.95. The van der Waals surface area contributed by atoms with E-state index in [2.05, 4.69) is 17.9 Å². The quantitative estimate of drug-likeness (QED) is 0.582. The van der Waals surface area contributed by atoms with E-state index < -0.39 is 10.0 Å². The molecule has 2 N–H and O–H groups in total. The fourth-order valence-corrected chi connectivity index (χ4v) is 7.23. The Hall–Kier alpha value is -2.05. The molecule has 0 radical (unpaired) electrons. The number of fused-ring (bicyclic) bond motifs is 1. The third-order valence-electron chi connectivity index (χ3n) is 7.30. The van der Waals surface area contributed by atoms with Gasteiger partial charge in [-0.05, 0) is 55.5 Å². The number of nitrogens with zero attached hydrogens (tertiary/aromatic N) is 2. The number of sulfonamides is 1. The highest BCUT2D eigenvalue weighted by Crippen LogP contribution is 2.36. The molecule has 1 atom stereocenters. The van der Waals surface area contributed by atoms with Crippen molar-refractivity contribution in [2.24, 2.45) is 11.1 Å². The van der Waals surface area contributed by atoms with Crippen molar-refractivity contribution in [1.82, 2.24) is 4.90 Å². The van der Waals surface area contributed by atoms with Gasteiger partial charge in [0.15, 0.2) is 0 Å². The third-order valence-corrected chi connectivity index (χ3v) is 9.48. The average molecular weight is 500 g/mol. The van der Waals surface area contributed by atoms with E-state index >= 15 is 0 Å². The largest absolute Gasteiger partial charge is 0.299 e. The fraction of sp³-hybridized carbons (Fsp3) is 0.538. The Morgan fingerprint density at radius 1 is 1.18 bits per heavy atom. The van der Waals surface area contributed by atoms with Crippen LogP contribution in [0.3, 0.4) is 0 Å². The van der Waals surface area contributed by atoms with Crippen molar-refractivity contribution in [2.75, 3.05) is 6.54 Å². The van der Waals surface area contributed by atoms with Gasteiger partial charge in [0.25, 0.3) is 0 Å². The molecule has 8 heteroatoms. The van der Waals surface area contributed by atoms with Crippen LogP contribution in [0.15, 0.2) is 29.2 Å². The molecule has 1 saturated carbocycles. The van der Waals surface area contributed by atoms with Gasteiger partial charge in [0.1, 0.15) is 11.9 Å². The van der Waals surface area contributed by atoms with Gasteiger partial charge in [-0.25, -0.2) is 13.6 Å². The molecule has 1 aromatic carbocycles. The molecule has 0 spiro atoms. The van der Waals surface area contributed by atoms with E-state index in [0.29, 0.717) is 11.6 Å².